The number of likely N-dealkylation sites (N-methyl/N-ethyl adjacent to an activating group) is 1. The van der Waals surface area contributed by atoms with E-state index in [0.29, 0.717) is 32.2 Å². The summed E-state index contributed by atoms with van der Waals surface area (Å²) < 4.78 is 16.8. The quantitative estimate of drug-likeness (QED) is 0.0709. The highest BCUT2D eigenvalue weighted by Gasteiger charge is 2.42. The lowest BCUT2D eigenvalue weighted by atomic mass is 9.90. The van der Waals surface area contributed by atoms with Crippen molar-refractivity contribution in [3.8, 4) is 0 Å². The molecule has 5 amide bonds. The topological polar surface area (TPSA) is 199 Å². The second-order valence-corrected chi connectivity index (χ2v) is 13.5. The molecule has 0 bridgehead atoms. The Morgan fingerprint density at radius 2 is 1.75 bits per heavy atom. The molecule has 5 N–H and O–H groups in total. The molecule has 7 unspecified atom stereocenters. The van der Waals surface area contributed by atoms with Gasteiger partial charge >= 0.3 is 5.97 Å². The van der Waals surface area contributed by atoms with Gasteiger partial charge in [0, 0.05) is 40.8 Å². The van der Waals surface area contributed by atoms with Gasteiger partial charge in [0.15, 0.2) is 0 Å². The third-order valence-electron chi connectivity index (χ3n) is 9.79. The Labute approximate surface area is 308 Å². The van der Waals surface area contributed by atoms with Crippen molar-refractivity contribution in [3.05, 3.63) is 35.9 Å². The van der Waals surface area contributed by atoms with Gasteiger partial charge in [0.25, 0.3) is 0 Å². The van der Waals surface area contributed by atoms with Crippen LogP contribution in [-0.4, -0.2) is 130 Å². The summed E-state index contributed by atoms with van der Waals surface area (Å²) in [4.78, 5) is 79.6. The average Bonchev–Trinajstić information content (AvgIpc) is 3.62. The molecule has 15 nitrogen and oxygen atoms in total. The van der Waals surface area contributed by atoms with Crippen LogP contribution in [0.1, 0.15) is 65.4 Å². The number of likely N-dealkylation sites (tertiary alicyclic amines) is 1. The van der Waals surface area contributed by atoms with Crippen LogP contribution in [-0.2, 0) is 49.4 Å². The number of hydrogen-bond acceptors (Lipinski definition) is 10. The number of carbonyl (C=O) groups excluding carboxylic acids is 6. The summed E-state index contributed by atoms with van der Waals surface area (Å²) in [5.74, 6) is -2.53. The number of carbonyl (C=O) groups is 6. The number of nitrogens with one attached hydrogen (secondary N) is 3. The van der Waals surface area contributed by atoms with E-state index in [1.807, 2.05) is 44.2 Å². The number of methoxy groups -OCH3 is 2. The number of amides is 5. The van der Waals surface area contributed by atoms with E-state index in [4.69, 9.17) is 19.9 Å². The molecule has 292 valence electrons. The summed E-state index contributed by atoms with van der Waals surface area (Å²) in [5.41, 5.74) is 6.37. The SMILES string of the molecule is CCC(C)C(C(CC(=O)N1CCCC1C(OC)C(C)C(=O)N[C@@H](Cc1ccccc1)C(=O)NCCCOC(=O)C(C)N)OC)N(C)C(=O)CNC=O. The van der Waals surface area contributed by atoms with Gasteiger partial charge in [0.1, 0.15) is 12.1 Å². The summed E-state index contributed by atoms with van der Waals surface area (Å²) in [6.45, 7) is 7.86. The zero-order chi connectivity index (χ0) is 38.8. The highest BCUT2D eigenvalue weighted by atomic mass is 16.5. The van der Waals surface area contributed by atoms with Crippen LogP contribution in [0.3, 0.4) is 0 Å². The highest BCUT2D eigenvalue weighted by Crippen LogP contribution is 2.29. The summed E-state index contributed by atoms with van der Waals surface area (Å²) in [6.07, 6.45) is 1.85. The minimum atomic E-state index is -0.899. The molecule has 1 aliphatic heterocycles. The van der Waals surface area contributed by atoms with E-state index in [-0.39, 0.29) is 56.2 Å². The smallest absolute Gasteiger partial charge is 0.322 e. The maximum absolute atomic E-state index is 13.9. The molecule has 1 heterocycles. The predicted octanol–water partition coefficient (Wildman–Crippen LogP) is 0.777. The van der Waals surface area contributed by atoms with Crippen molar-refractivity contribution < 1.29 is 43.0 Å². The van der Waals surface area contributed by atoms with Gasteiger partial charge in [-0.05, 0) is 37.7 Å². The van der Waals surface area contributed by atoms with Gasteiger partial charge in [-0.15, -0.1) is 0 Å². The van der Waals surface area contributed by atoms with Crippen LogP contribution < -0.4 is 21.7 Å². The van der Waals surface area contributed by atoms with Crippen molar-refractivity contribution in [3.63, 3.8) is 0 Å². The van der Waals surface area contributed by atoms with Crippen LogP contribution >= 0.6 is 0 Å². The van der Waals surface area contributed by atoms with Gasteiger partial charge in [-0.2, -0.15) is 0 Å². The first-order chi connectivity index (χ1) is 24.8. The highest BCUT2D eigenvalue weighted by molar-refractivity contribution is 5.89. The fraction of sp³-hybridized carbons (Fsp3) is 0.676. The van der Waals surface area contributed by atoms with E-state index in [1.54, 1.807) is 18.9 Å². The maximum Gasteiger partial charge on any atom is 0.322 e. The van der Waals surface area contributed by atoms with E-state index in [0.717, 1.165) is 12.0 Å². The van der Waals surface area contributed by atoms with E-state index < -0.39 is 54.2 Å². The van der Waals surface area contributed by atoms with Crippen molar-refractivity contribution in [2.75, 3.05) is 47.5 Å². The van der Waals surface area contributed by atoms with Crippen molar-refractivity contribution in [2.45, 2.75) is 103 Å². The number of rotatable bonds is 23. The Bertz CT molecular complexity index is 1300. The molecule has 1 aromatic rings. The minimum absolute atomic E-state index is 0.00150. The van der Waals surface area contributed by atoms with Crippen LogP contribution in [0.25, 0.3) is 0 Å². The fourth-order valence-electron chi connectivity index (χ4n) is 6.65. The molecule has 1 fully saturated rings. The standard InChI is InChI=1S/C37H60N6O9/c1-8-24(2)33(42(5)32(46)22-39-23-44)30(50-6)21-31(45)43-18-12-16-29(43)34(51-7)25(3)35(47)41-28(20-27-14-10-9-11-15-27)36(48)40-17-13-19-52-37(49)26(4)38/h9-11,14-15,23-26,28-30,33-34H,8,12-13,16-22,38H2,1-7H3,(H,39,44)(H,40,48)(H,41,47)/t24?,25?,26?,28-,29?,30?,33?,34?/m0/s1. The normalized spacial score (nSPS) is 18.2. The molecule has 0 aromatic heterocycles. The number of nitrogens with two attached hydrogens (primary N) is 1. The lowest BCUT2D eigenvalue weighted by Gasteiger charge is -2.39. The first kappa shape index (κ1) is 44.1. The summed E-state index contributed by atoms with van der Waals surface area (Å²) in [7, 11) is 4.67. The number of benzene rings is 1. The lowest BCUT2D eigenvalue weighted by Crippen LogP contribution is -2.55. The van der Waals surface area contributed by atoms with Gasteiger partial charge in [0.05, 0.1) is 49.8 Å². The third-order valence-corrected chi connectivity index (χ3v) is 9.79. The molecule has 2 rings (SSSR count). The Morgan fingerprint density at radius 1 is 1.06 bits per heavy atom. The Hall–Kier alpha value is -4.08. The van der Waals surface area contributed by atoms with Gasteiger partial charge in [-0.1, -0.05) is 57.5 Å². The zero-order valence-electron chi connectivity index (χ0n) is 31.8. The molecule has 1 aromatic carbocycles. The van der Waals surface area contributed by atoms with Crippen LogP contribution in [0.2, 0.25) is 0 Å². The summed E-state index contributed by atoms with van der Waals surface area (Å²) >= 11 is 0. The van der Waals surface area contributed by atoms with Gasteiger partial charge < -0.3 is 45.7 Å². The van der Waals surface area contributed by atoms with Crippen LogP contribution in [0.4, 0.5) is 0 Å². The molecule has 52 heavy (non-hydrogen) atoms. The molecule has 8 atom stereocenters. The molecular weight excluding hydrogens is 672 g/mol. The molecule has 0 radical (unpaired) electrons. The molecule has 0 spiro atoms. The monoisotopic (exact) mass is 732 g/mol. The Kier molecular flexibility index (Phi) is 19.3. The molecule has 15 heteroatoms. The second-order valence-electron chi connectivity index (χ2n) is 13.5. The first-order valence-electron chi connectivity index (χ1n) is 18.1. The number of hydrogen-bond donors (Lipinski definition) is 4. The van der Waals surface area contributed by atoms with Gasteiger partial charge in [0.2, 0.25) is 30.0 Å². The largest absolute Gasteiger partial charge is 0.464 e. The lowest BCUT2D eigenvalue weighted by molar-refractivity contribution is -0.146. The third kappa shape index (κ3) is 13.2. The maximum atomic E-state index is 13.9. The van der Waals surface area contributed by atoms with Crippen LogP contribution in [0.15, 0.2) is 30.3 Å². The fourth-order valence-corrected chi connectivity index (χ4v) is 6.65. The first-order valence-corrected chi connectivity index (χ1v) is 18.1. The summed E-state index contributed by atoms with van der Waals surface area (Å²) in [5, 5.41) is 8.14. The van der Waals surface area contributed by atoms with Crippen molar-refractivity contribution >= 4 is 36.0 Å². The second kappa shape index (κ2) is 22.8. The summed E-state index contributed by atoms with van der Waals surface area (Å²) in [6, 6.07) is 6.85. The molecule has 1 aliphatic rings. The number of ether oxygens (including phenoxy) is 3. The van der Waals surface area contributed by atoms with E-state index in [9.17, 15) is 28.8 Å². The number of esters is 1. The van der Waals surface area contributed by atoms with Crippen molar-refractivity contribution in [2.24, 2.45) is 17.6 Å². The minimum Gasteiger partial charge on any atom is -0.464 e. The Balaban J connectivity index is 2.17. The molecule has 1 saturated heterocycles. The van der Waals surface area contributed by atoms with E-state index in [2.05, 4.69) is 16.0 Å². The molecular formula is C37H60N6O9. The van der Waals surface area contributed by atoms with E-state index >= 15 is 0 Å². The van der Waals surface area contributed by atoms with Crippen molar-refractivity contribution in [1.29, 1.82) is 0 Å². The zero-order valence-corrected chi connectivity index (χ0v) is 31.8. The average molecular weight is 733 g/mol. The molecule has 0 saturated carbocycles. The molecule has 0 aliphatic carbocycles. The Morgan fingerprint density at radius 3 is 2.35 bits per heavy atom. The van der Waals surface area contributed by atoms with Crippen LogP contribution in [0, 0.1) is 11.8 Å². The van der Waals surface area contributed by atoms with E-state index in [1.165, 1.54) is 26.0 Å². The predicted molar refractivity (Wildman–Crippen MR) is 195 cm³/mol. The van der Waals surface area contributed by atoms with Gasteiger partial charge in [-0.3, -0.25) is 28.8 Å². The van der Waals surface area contributed by atoms with Gasteiger partial charge in [-0.25, -0.2) is 0 Å². The van der Waals surface area contributed by atoms with Crippen molar-refractivity contribution in [1.82, 2.24) is 25.8 Å². The van der Waals surface area contributed by atoms with Crippen LogP contribution in [0.5, 0.6) is 0 Å². The number of nitrogens with zero attached hydrogens (tertiary/aromatic N) is 2.